The van der Waals surface area contributed by atoms with E-state index in [0.717, 1.165) is 18.5 Å². The molecule has 0 aliphatic rings. The minimum absolute atomic E-state index is 0.0751. The highest BCUT2D eigenvalue weighted by atomic mass is 35.5. The standard InChI is InChI=1S/C14H15Cl2NS/c1-2-8-17-14(12-7-4-9-18-12)13-10(15)5-3-6-11(13)16/h3-7,9,14,17H,2,8H2,1H3. The van der Waals surface area contributed by atoms with Crippen molar-refractivity contribution in [3.63, 3.8) is 0 Å². The summed E-state index contributed by atoms with van der Waals surface area (Å²) in [4.78, 5) is 1.23. The van der Waals surface area contributed by atoms with Crippen LogP contribution in [0.3, 0.4) is 0 Å². The molecule has 1 atom stereocenters. The quantitative estimate of drug-likeness (QED) is 0.805. The van der Waals surface area contributed by atoms with E-state index in [2.05, 4.69) is 23.7 Å². The predicted octanol–water partition coefficient (Wildman–Crippen LogP) is 5.14. The molecule has 1 aromatic heterocycles. The second kappa shape index (κ2) is 6.58. The third-order valence-corrected chi connectivity index (χ3v) is 4.31. The van der Waals surface area contributed by atoms with Gasteiger partial charge < -0.3 is 5.32 Å². The molecule has 1 heterocycles. The van der Waals surface area contributed by atoms with Crippen LogP contribution in [0.4, 0.5) is 0 Å². The largest absolute Gasteiger partial charge is 0.306 e. The topological polar surface area (TPSA) is 12.0 Å². The third kappa shape index (κ3) is 3.07. The van der Waals surface area contributed by atoms with Crippen molar-refractivity contribution in [2.75, 3.05) is 6.54 Å². The lowest BCUT2D eigenvalue weighted by Crippen LogP contribution is -2.23. The van der Waals surface area contributed by atoms with Gasteiger partial charge in [-0.2, -0.15) is 0 Å². The van der Waals surface area contributed by atoms with Gasteiger partial charge in [0.15, 0.2) is 0 Å². The van der Waals surface area contributed by atoms with Crippen LogP contribution < -0.4 is 5.32 Å². The molecule has 0 aliphatic carbocycles. The summed E-state index contributed by atoms with van der Waals surface area (Å²) in [5.74, 6) is 0. The SMILES string of the molecule is CCCNC(c1cccs1)c1c(Cl)cccc1Cl. The molecule has 0 saturated carbocycles. The van der Waals surface area contributed by atoms with Gasteiger partial charge in [0.05, 0.1) is 6.04 Å². The van der Waals surface area contributed by atoms with Crippen LogP contribution in [0.5, 0.6) is 0 Å². The van der Waals surface area contributed by atoms with Gasteiger partial charge in [-0.3, -0.25) is 0 Å². The van der Waals surface area contributed by atoms with E-state index in [1.165, 1.54) is 4.88 Å². The van der Waals surface area contributed by atoms with Crippen molar-refractivity contribution in [2.45, 2.75) is 19.4 Å². The lowest BCUT2D eigenvalue weighted by Gasteiger charge is -2.20. The zero-order valence-corrected chi connectivity index (χ0v) is 12.4. The van der Waals surface area contributed by atoms with E-state index >= 15 is 0 Å². The van der Waals surface area contributed by atoms with E-state index in [4.69, 9.17) is 23.2 Å². The fourth-order valence-corrected chi connectivity index (χ4v) is 3.30. The second-order valence-electron chi connectivity index (χ2n) is 4.04. The van der Waals surface area contributed by atoms with Crippen LogP contribution in [0.15, 0.2) is 35.7 Å². The normalized spacial score (nSPS) is 12.6. The maximum absolute atomic E-state index is 6.30. The molecule has 0 saturated heterocycles. The molecule has 0 spiro atoms. The summed E-state index contributed by atoms with van der Waals surface area (Å²) in [6.07, 6.45) is 1.07. The molecule has 1 unspecified atom stereocenters. The molecule has 0 fully saturated rings. The van der Waals surface area contributed by atoms with E-state index in [0.29, 0.717) is 10.0 Å². The predicted molar refractivity (Wildman–Crippen MR) is 80.9 cm³/mol. The molecule has 2 aromatic rings. The average molecular weight is 300 g/mol. The van der Waals surface area contributed by atoms with Crippen LogP contribution >= 0.6 is 34.5 Å². The van der Waals surface area contributed by atoms with Gasteiger partial charge in [-0.05, 0) is 36.5 Å². The molecule has 4 heteroatoms. The molecule has 0 radical (unpaired) electrons. The van der Waals surface area contributed by atoms with E-state index in [9.17, 15) is 0 Å². The Morgan fingerprint density at radius 3 is 2.44 bits per heavy atom. The fourth-order valence-electron chi connectivity index (χ4n) is 1.88. The molecule has 2 rings (SSSR count). The van der Waals surface area contributed by atoms with Gasteiger partial charge in [0.2, 0.25) is 0 Å². The highest BCUT2D eigenvalue weighted by Gasteiger charge is 2.19. The Labute approximate surface area is 122 Å². The number of benzene rings is 1. The van der Waals surface area contributed by atoms with Gasteiger partial charge in [0.1, 0.15) is 0 Å². The molecule has 1 N–H and O–H groups in total. The maximum Gasteiger partial charge on any atom is 0.0700 e. The summed E-state index contributed by atoms with van der Waals surface area (Å²) in [5.41, 5.74) is 0.969. The lowest BCUT2D eigenvalue weighted by molar-refractivity contribution is 0.606. The highest BCUT2D eigenvalue weighted by molar-refractivity contribution is 7.10. The van der Waals surface area contributed by atoms with Gasteiger partial charge in [0.25, 0.3) is 0 Å². The van der Waals surface area contributed by atoms with Crippen LogP contribution in [0.1, 0.15) is 29.8 Å². The molecule has 96 valence electrons. The fraction of sp³-hybridized carbons (Fsp3) is 0.286. The van der Waals surface area contributed by atoms with Gasteiger partial charge in [-0.1, -0.05) is 42.3 Å². The van der Waals surface area contributed by atoms with E-state index in [1.54, 1.807) is 11.3 Å². The Kier molecular flexibility index (Phi) is 5.07. The summed E-state index contributed by atoms with van der Waals surface area (Å²) in [5, 5.41) is 7.01. The molecule has 0 bridgehead atoms. The Morgan fingerprint density at radius 2 is 1.89 bits per heavy atom. The number of thiophene rings is 1. The number of hydrogen-bond donors (Lipinski definition) is 1. The van der Waals surface area contributed by atoms with Crippen molar-refractivity contribution < 1.29 is 0 Å². The number of rotatable bonds is 5. The third-order valence-electron chi connectivity index (χ3n) is 2.71. The first-order chi connectivity index (χ1) is 8.74. The van der Waals surface area contributed by atoms with Crippen molar-refractivity contribution in [1.29, 1.82) is 0 Å². The van der Waals surface area contributed by atoms with Crippen LogP contribution in [0, 0.1) is 0 Å². The zero-order valence-electron chi connectivity index (χ0n) is 10.1. The number of halogens is 2. The molecular formula is C14H15Cl2NS. The van der Waals surface area contributed by atoms with Gasteiger partial charge in [-0.15, -0.1) is 11.3 Å². The van der Waals surface area contributed by atoms with Crippen LogP contribution in [-0.2, 0) is 0 Å². The average Bonchev–Trinajstić information content (AvgIpc) is 2.86. The smallest absolute Gasteiger partial charge is 0.0700 e. The van der Waals surface area contributed by atoms with Gasteiger partial charge in [0, 0.05) is 20.5 Å². The van der Waals surface area contributed by atoms with Crippen molar-refractivity contribution in [2.24, 2.45) is 0 Å². The second-order valence-corrected chi connectivity index (χ2v) is 5.83. The van der Waals surface area contributed by atoms with Gasteiger partial charge >= 0.3 is 0 Å². The van der Waals surface area contributed by atoms with Crippen molar-refractivity contribution in [3.8, 4) is 0 Å². The van der Waals surface area contributed by atoms with E-state index in [1.807, 2.05) is 24.3 Å². The van der Waals surface area contributed by atoms with Crippen molar-refractivity contribution >= 4 is 34.5 Å². The first-order valence-corrected chi connectivity index (χ1v) is 7.58. The first-order valence-electron chi connectivity index (χ1n) is 5.94. The molecule has 0 amide bonds. The molecular weight excluding hydrogens is 285 g/mol. The Hall–Kier alpha value is -0.540. The summed E-state index contributed by atoms with van der Waals surface area (Å²) in [6, 6.07) is 9.88. The van der Waals surface area contributed by atoms with Crippen LogP contribution in [0.2, 0.25) is 10.0 Å². The molecule has 1 aromatic carbocycles. The summed E-state index contributed by atoms with van der Waals surface area (Å²) in [6.45, 7) is 3.08. The molecule has 1 nitrogen and oxygen atoms in total. The van der Waals surface area contributed by atoms with Gasteiger partial charge in [-0.25, -0.2) is 0 Å². The van der Waals surface area contributed by atoms with E-state index < -0.39 is 0 Å². The number of hydrogen-bond acceptors (Lipinski definition) is 2. The Balaban J connectivity index is 2.40. The Bertz CT molecular complexity index is 476. The monoisotopic (exact) mass is 299 g/mol. The minimum Gasteiger partial charge on any atom is -0.306 e. The summed E-state index contributed by atoms with van der Waals surface area (Å²) < 4.78 is 0. The summed E-state index contributed by atoms with van der Waals surface area (Å²) in [7, 11) is 0. The number of nitrogens with one attached hydrogen (secondary N) is 1. The van der Waals surface area contributed by atoms with E-state index in [-0.39, 0.29) is 6.04 Å². The highest BCUT2D eigenvalue weighted by Crippen LogP contribution is 2.35. The maximum atomic E-state index is 6.30. The molecule has 18 heavy (non-hydrogen) atoms. The molecule has 0 aliphatic heterocycles. The van der Waals surface area contributed by atoms with Crippen LogP contribution in [-0.4, -0.2) is 6.54 Å². The van der Waals surface area contributed by atoms with Crippen molar-refractivity contribution in [1.82, 2.24) is 5.32 Å². The van der Waals surface area contributed by atoms with Crippen molar-refractivity contribution in [3.05, 3.63) is 56.2 Å². The minimum atomic E-state index is 0.0751. The zero-order chi connectivity index (χ0) is 13.0. The van der Waals surface area contributed by atoms with Crippen LogP contribution in [0.25, 0.3) is 0 Å². The first kappa shape index (κ1) is 13.9. The lowest BCUT2D eigenvalue weighted by atomic mass is 10.0. The summed E-state index contributed by atoms with van der Waals surface area (Å²) >= 11 is 14.3. The Morgan fingerprint density at radius 1 is 1.17 bits per heavy atom.